The molecule has 1 N–H and O–H groups in total. The quantitative estimate of drug-likeness (QED) is 0.547. The third-order valence-corrected chi connectivity index (χ3v) is 7.16. The number of rotatable bonds is 9. The Morgan fingerprint density at radius 1 is 1.09 bits per heavy atom. The second-order valence-corrected chi connectivity index (χ2v) is 9.80. The second-order valence-electron chi connectivity index (χ2n) is 9.80. The molecule has 7 heteroatoms. The van der Waals surface area contributed by atoms with Crippen LogP contribution < -0.4 is 15.0 Å². The van der Waals surface area contributed by atoms with Crippen LogP contribution in [0.1, 0.15) is 56.9 Å². The maximum Gasteiger partial charge on any atom is 0.263 e. The number of anilines is 1. The largest absolute Gasteiger partial charge is 0.436 e. The van der Waals surface area contributed by atoms with Gasteiger partial charge in [-0.3, -0.25) is 4.79 Å². The molecule has 0 radical (unpaired) electrons. The normalized spacial score (nSPS) is 19.3. The predicted molar refractivity (Wildman–Crippen MR) is 135 cm³/mol. The van der Waals surface area contributed by atoms with E-state index >= 15 is 0 Å². The molecule has 2 heterocycles. The van der Waals surface area contributed by atoms with Gasteiger partial charge in [0.25, 0.3) is 5.88 Å². The Balaban J connectivity index is 1.27. The van der Waals surface area contributed by atoms with Crippen LogP contribution in [0.25, 0.3) is 0 Å². The molecular formula is C27H39N5O2. The Kier molecular flexibility index (Phi) is 8.74. The summed E-state index contributed by atoms with van der Waals surface area (Å²) in [6.07, 6.45) is 12.9. The number of hydrogen-bond donors (Lipinski definition) is 1. The van der Waals surface area contributed by atoms with Crippen molar-refractivity contribution >= 4 is 11.7 Å². The van der Waals surface area contributed by atoms with Gasteiger partial charge in [0.15, 0.2) is 5.82 Å². The van der Waals surface area contributed by atoms with Crippen LogP contribution in [0.15, 0.2) is 36.7 Å². The Labute approximate surface area is 203 Å². The molecule has 1 aromatic carbocycles. The standard InChI is InChI=1S/C27H39N5O2/c1-21-11-13-24(14-12-21)34-27-25(28-16-17-30-27)32-19-6-8-22(20-32)26(33)29-15-7-18-31(2)23-9-4-3-5-10-23/h11-14,16-17,22-23H,3-10,15,18-20H2,1-2H3,(H,29,33). The monoisotopic (exact) mass is 465 g/mol. The van der Waals surface area contributed by atoms with Gasteiger partial charge in [-0.2, -0.15) is 0 Å². The Morgan fingerprint density at radius 3 is 2.65 bits per heavy atom. The van der Waals surface area contributed by atoms with Crippen LogP contribution in [0.4, 0.5) is 5.82 Å². The number of aromatic nitrogens is 2. The van der Waals surface area contributed by atoms with E-state index in [0.29, 0.717) is 18.2 Å². The van der Waals surface area contributed by atoms with Gasteiger partial charge in [-0.05, 0) is 64.8 Å². The van der Waals surface area contributed by atoms with Gasteiger partial charge in [0.2, 0.25) is 5.91 Å². The summed E-state index contributed by atoms with van der Waals surface area (Å²) < 4.78 is 6.04. The molecule has 0 spiro atoms. The fourth-order valence-corrected chi connectivity index (χ4v) is 5.10. The molecule has 1 amide bonds. The summed E-state index contributed by atoms with van der Waals surface area (Å²) in [5, 5.41) is 3.18. The van der Waals surface area contributed by atoms with E-state index in [1.807, 2.05) is 31.2 Å². The van der Waals surface area contributed by atoms with E-state index in [2.05, 4.69) is 32.1 Å². The number of piperidine rings is 1. The molecule has 1 saturated heterocycles. The fraction of sp³-hybridized carbons (Fsp3) is 0.593. The van der Waals surface area contributed by atoms with Crippen LogP contribution in [-0.4, -0.2) is 60.0 Å². The van der Waals surface area contributed by atoms with Gasteiger partial charge < -0.3 is 19.9 Å². The average Bonchev–Trinajstić information content (AvgIpc) is 2.88. The summed E-state index contributed by atoms with van der Waals surface area (Å²) >= 11 is 0. The van der Waals surface area contributed by atoms with Gasteiger partial charge in [-0.25, -0.2) is 9.97 Å². The first-order chi connectivity index (χ1) is 16.6. The van der Waals surface area contributed by atoms with Gasteiger partial charge in [0.1, 0.15) is 5.75 Å². The topological polar surface area (TPSA) is 70.6 Å². The molecule has 1 unspecified atom stereocenters. The van der Waals surface area contributed by atoms with Crippen molar-refractivity contribution in [2.75, 3.05) is 38.1 Å². The van der Waals surface area contributed by atoms with E-state index < -0.39 is 0 Å². The Bertz CT molecular complexity index is 913. The SMILES string of the molecule is Cc1ccc(Oc2nccnc2N2CCCC(C(=O)NCCCN(C)C3CCCCC3)C2)cc1. The Morgan fingerprint density at radius 2 is 1.85 bits per heavy atom. The molecule has 1 saturated carbocycles. The van der Waals surface area contributed by atoms with Crippen molar-refractivity contribution < 1.29 is 9.53 Å². The third kappa shape index (κ3) is 6.69. The number of nitrogens with zero attached hydrogens (tertiary/aromatic N) is 4. The maximum absolute atomic E-state index is 12.9. The molecule has 2 fully saturated rings. The summed E-state index contributed by atoms with van der Waals surface area (Å²) in [4.78, 5) is 26.5. The van der Waals surface area contributed by atoms with Crippen LogP contribution in [-0.2, 0) is 4.79 Å². The fourth-order valence-electron chi connectivity index (χ4n) is 5.10. The van der Waals surface area contributed by atoms with Crippen LogP contribution in [0.5, 0.6) is 11.6 Å². The van der Waals surface area contributed by atoms with Gasteiger partial charge in [0.05, 0.1) is 5.92 Å². The lowest BCUT2D eigenvalue weighted by molar-refractivity contribution is -0.125. The summed E-state index contributed by atoms with van der Waals surface area (Å²) in [5.41, 5.74) is 1.18. The van der Waals surface area contributed by atoms with E-state index in [1.54, 1.807) is 12.4 Å². The number of carbonyl (C=O) groups is 1. The summed E-state index contributed by atoms with van der Waals surface area (Å²) in [5.74, 6) is 2.03. The highest BCUT2D eigenvalue weighted by Gasteiger charge is 2.28. The minimum Gasteiger partial charge on any atom is -0.436 e. The molecule has 7 nitrogen and oxygen atoms in total. The first-order valence-corrected chi connectivity index (χ1v) is 12.9. The van der Waals surface area contributed by atoms with E-state index in [0.717, 1.165) is 50.7 Å². The smallest absolute Gasteiger partial charge is 0.263 e. The molecule has 0 bridgehead atoms. The average molecular weight is 466 g/mol. The summed E-state index contributed by atoms with van der Waals surface area (Å²) in [6.45, 7) is 5.31. The van der Waals surface area contributed by atoms with Crippen molar-refractivity contribution in [2.24, 2.45) is 5.92 Å². The van der Waals surface area contributed by atoms with E-state index in [1.165, 1.54) is 37.7 Å². The number of aryl methyl sites for hydroxylation is 1. The number of hydrogen-bond acceptors (Lipinski definition) is 6. The summed E-state index contributed by atoms with van der Waals surface area (Å²) in [6, 6.07) is 8.62. The first kappa shape index (κ1) is 24.5. The third-order valence-electron chi connectivity index (χ3n) is 7.16. The summed E-state index contributed by atoms with van der Waals surface area (Å²) in [7, 11) is 2.23. The molecule has 4 rings (SSSR count). The molecule has 2 aromatic rings. The molecule has 1 aliphatic heterocycles. The van der Waals surface area contributed by atoms with Crippen molar-refractivity contribution in [3.05, 3.63) is 42.2 Å². The number of nitrogens with one attached hydrogen (secondary N) is 1. The van der Waals surface area contributed by atoms with Gasteiger partial charge in [-0.15, -0.1) is 0 Å². The van der Waals surface area contributed by atoms with Crippen molar-refractivity contribution in [3.8, 4) is 11.6 Å². The molecule has 1 aliphatic carbocycles. The van der Waals surface area contributed by atoms with Crippen LogP contribution in [0.2, 0.25) is 0 Å². The molecule has 2 aliphatic rings. The molecule has 184 valence electrons. The number of ether oxygens (including phenoxy) is 1. The minimum absolute atomic E-state index is 0.0425. The zero-order chi connectivity index (χ0) is 23.8. The van der Waals surface area contributed by atoms with E-state index in [9.17, 15) is 4.79 Å². The molecule has 1 atom stereocenters. The molecule has 1 aromatic heterocycles. The lowest BCUT2D eigenvalue weighted by Gasteiger charge is -2.33. The van der Waals surface area contributed by atoms with Crippen LogP contribution >= 0.6 is 0 Å². The first-order valence-electron chi connectivity index (χ1n) is 12.9. The van der Waals surface area contributed by atoms with E-state index in [-0.39, 0.29) is 11.8 Å². The Hall–Kier alpha value is -2.67. The zero-order valence-electron chi connectivity index (χ0n) is 20.7. The predicted octanol–water partition coefficient (Wildman–Crippen LogP) is 4.56. The minimum atomic E-state index is -0.0425. The van der Waals surface area contributed by atoms with Gasteiger partial charge >= 0.3 is 0 Å². The second kappa shape index (κ2) is 12.2. The highest BCUT2D eigenvalue weighted by atomic mass is 16.5. The van der Waals surface area contributed by atoms with Crippen molar-refractivity contribution in [2.45, 2.75) is 64.3 Å². The highest BCUT2D eigenvalue weighted by Crippen LogP contribution is 2.31. The highest BCUT2D eigenvalue weighted by molar-refractivity contribution is 5.79. The van der Waals surface area contributed by atoms with Gasteiger partial charge in [0, 0.05) is 38.1 Å². The lowest BCUT2D eigenvalue weighted by Crippen LogP contribution is -2.44. The van der Waals surface area contributed by atoms with Crippen LogP contribution in [0.3, 0.4) is 0 Å². The molecule has 34 heavy (non-hydrogen) atoms. The van der Waals surface area contributed by atoms with E-state index in [4.69, 9.17) is 4.74 Å². The maximum atomic E-state index is 12.9. The number of carbonyl (C=O) groups excluding carboxylic acids is 1. The number of benzene rings is 1. The number of amides is 1. The van der Waals surface area contributed by atoms with Crippen molar-refractivity contribution in [1.82, 2.24) is 20.2 Å². The van der Waals surface area contributed by atoms with Crippen molar-refractivity contribution in [1.29, 1.82) is 0 Å². The van der Waals surface area contributed by atoms with Crippen molar-refractivity contribution in [3.63, 3.8) is 0 Å². The van der Waals surface area contributed by atoms with Gasteiger partial charge in [-0.1, -0.05) is 37.0 Å². The van der Waals surface area contributed by atoms with Crippen LogP contribution in [0, 0.1) is 12.8 Å². The lowest BCUT2D eigenvalue weighted by atomic mass is 9.94. The zero-order valence-corrected chi connectivity index (χ0v) is 20.7. The molecular weight excluding hydrogens is 426 g/mol.